The molecule has 8 nitrogen and oxygen atoms in total. The summed E-state index contributed by atoms with van der Waals surface area (Å²) in [6.45, 7) is 3.51. The van der Waals surface area contributed by atoms with Crippen LogP contribution in [0.3, 0.4) is 0 Å². The van der Waals surface area contributed by atoms with Gasteiger partial charge in [-0.15, -0.1) is 0 Å². The first-order valence-corrected chi connectivity index (χ1v) is 15.9. The average molecular weight is 679 g/mol. The quantitative estimate of drug-likeness (QED) is 0.106. The molecule has 0 aliphatic heterocycles. The first-order chi connectivity index (χ1) is 21.6. The van der Waals surface area contributed by atoms with Crippen LogP contribution in [0.25, 0.3) is 28.2 Å². The standard InChI is InChI=1S/C32H27ClF4N2O6S/c1-3-4-12-46(43,44)39-28(40)11-8-19-6-5-7-20(14-19)30-22-13-18(2)25(33)17-27(22)45-31(42)23(30)16-29(41)38-26-10-9-21(34)15-24(26)32(35,36)37/h5-11,13-15,17H,3-4,12,16H2,1-2H3,(H,38,41)(H,39,40)/b11-8+. The van der Waals surface area contributed by atoms with Crippen molar-refractivity contribution >= 4 is 56.2 Å². The van der Waals surface area contributed by atoms with Crippen molar-refractivity contribution in [1.82, 2.24) is 4.72 Å². The number of aryl methyl sites for hydroxylation is 1. The summed E-state index contributed by atoms with van der Waals surface area (Å²) in [5, 5.41) is 2.77. The summed E-state index contributed by atoms with van der Waals surface area (Å²) < 4.78 is 85.7. The topological polar surface area (TPSA) is 123 Å². The summed E-state index contributed by atoms with van der Waals surface area (Å²) in [6, 6.07) is 11.2. The van der Waals surface area contributed by atoms with E-state index >= 15 is 0 Å². The van der Waals surface area contributed by atoms with Crippen molar-refractivity contribution in [2.24, 2.45) is 0 Å². The van der Waals surface area contributed by atoms with Crippen LogP contribution in [0, 0.1) is 12.7 Å². The Hall–Kier alpha value is -4.49. The lowest BCUT2D eigenvalue weighted by Crippen LogP contribution is -2.31. The van der Waals surface area contributed by atoms with Gasteiger partial charge in [0.25, 0.3) is 5.91 Å². The summed E-state index contributed by atoms with van der Waals surface area (Å²) >= 11 is 6.25. The Balaban J connectivity index is 1.76. The van der Waals surface area contributed by atoms with E-state index in [1.165, 1.54) is 12.1 Å². The van der Waals surface area contributed by atoms with Crippen LogP contribution in [0.2, 0.25) is 5.02 Å². The van der Waals surface area contributed by atoms with E-state index in [4.69, 9.17) is 16.0 Å². The summed E-state index contributed by atoms with van der Waals surface area (Å²) in [6.07, 6.45) is -2.31. The molecule has 46 heavy (non-hydrogen) atoms. The number of hydrogen-bond acceptors (Lipinski definition) is 6. The van der Waals surface area contributed by atoms with E-state index in [2.05, 4.69) is 5.32 Å². The molecule has 0 unspecified atom stereocenters. The molecule has 4 rings (SSSR count). The van der Waals surface area contributed by atoms with Crippen molar-refractivity contribution in [2.45, 2.75) is 39.3 Å². The van der Waals surface area contributed by atoms with Crippen molar-refractivity contribution in [3.8, 4) is 11.1 Å². The van der Waals surface area contributed by atoms with Crippen LogP contribution in [0.15, 0.2) is 69.9 Å². The monoisotopic (exact) mass is 678 g/mol. The average Bonchev–Trinajstić information content (AvgIpc) is 2.97. The SMILES string of the molecule is CCCCS(=O)(=O)NC(=O)/C=C/c1cccc(-c2c(CC(=O)Nc3ccc(F)cc3C(F)(F)F)c(=O)oc3cc(Cl)c(C)cc23)c1. The number of carbonyl (C=O) groups excluding carboxylic acids is 2. The Kier molecular flexibility index (Phi) is 10.4. The summed E-state index contributed by atoms with van der Waals surface area (Å²) in [5.74, 6) is -3.23. The third-order valence-electron chi connectivity index (χ3n) is 6.80. The number of benzene rings is 3. The maximum absolute atomic E-state index is 13.6. The molecule has 0 radical (unpaired) electrons. The molecular formula is C32H27ClF4N2O6S. The molecule has 1 heterocycles. The Morgan fingerprint density at radius 3 is 2.50 bits per heavy atom. The molecule has 1 aromatic heterocycles. The number of nitrogens with one attached hydrogen (secondary N) is 2. The van der Waals surface area contributed by atoms with E-state index < -0.39 is 57.1 Å². The van der Waals surface area contributed by atoms with Crippen molar-refractivity contribution in [1.29, 1.82) is 0 Å². The molecular weight excluding hydrogens is 652 g/mol. The van der Waals surface area contributed by atoms with Gasteiger partial charge in [-0.05, 0) is 66.4 Å². The third kappa shape index (κ3) is 8.40. The van der Waals surface area contributed by atoms with Gasteiger partial charge in [0, 0.05) is 28.1 Å². The molecule has 0 atom stereocenters. The highest BCUT2D eigenvalue weighted by Gasteiger charge is 2.34. The van der Waals surface area contributed by atoms with Crippen LogP contribution in [0.5, 0.6) is 0 Å². The summed E-state index contributed by atoms with van der Waals surface area (Å²) in [5.41, 5.74) is -1.56. The number of alkyl halides is 3. The first-order valence-electron chi connectivity index (χ1n) is 13.8. The molecule has 0 saturated heterocycles. The smallest absolute Gasteiger partial charge is 0.418 e. The molecule has 0 spiro atoms. The normalized spacial score (nSPS) is 12.1. The van der Waals surface area contributed by atoms with Gasteiger partial charge in [-0.2, -0.15) is 13.2 Å². The van der Waals surface area contributed by atoms with Crippen LogP contribution in [0.4, 0.5) is 23.2 Å². The minimum Gasteiger partial charge on any atom is -0.422 e. The Morgan fingerprint density at radius 2 is 1.80 bits per heavy atom. The van der Waals surface area contributed by atoms with Gasteiger partial charge in [-0.3, -0.25) is 9.59 Å². The Morgan fingerprint density at radius 1 is 1.07 bits per heavy atom. The maximum Gasteiger partial charge on any atom is 0.418 e. The van der Waals surface area contributed by atoms with Gasteiger partial charge in [0.05, 0.1) is 29.0 Å². The second-order valence-corrected chi connectivity index (χ2v) is 12.6. The molecule has 0 fully saturated rings. The van der Waals surface area contributed by atoms with Crippen LogP contribution in [0.1, 0.15) is 42.0 Å². The van der Waals surface area contributed by atoms with Gasteiger partial charge in [-0.1, -0.05) is 43.1 Å². The highest BCUT2D eigenvalue weighted by molar-refractivity contribution is 7.90. The predicted octanol–water partition coefficient (Wildman–Crippen LogP) is 7.02. The van der Waals surface area contributed by atoms with Crippen molar-refractivity contribution in [3.05, 3.63) is 104 Å². The molecule has 0 aliphatic rings. The number of amides is 2. The van der Waals surface area contributed by atoms with Crippen LogP contribution in [-0.2, 0) is 32.2 Å². The second-order valence-electron chi connectivity index (χ2n) is 10.4. The van der Waals surface area contributed by atoms with Crippen LogP contribution in [-0.4, -0.2) is 26.0 Å². The van der Waals surface area contributed by atoms with E-state index in [1.54, 1.807) is 37.3 Å². The first kappa shape index (κ1) is 34.4. The molecule has 0 saturated carbocycles. The van der Waals surface area contributed by atoms with Crippen molar-refractivity contribution < 1.29 is 40.0 Å². The van der Waals surface area contributed by atoms with Gasteiger partial charge in [0.2, 0.25) is 15.9 Å². The number of sulfonamides is 1. The van der Waals surface area contributed by atoms with Crippen LogP contribution < -0.4 is 15.7 Å². The summed E-state index contributed by atoms with van der Waals surface area (Å²) in [4.78, 5) is 38.6. The van der Waals surface area contributed by atoms with E-state index in [0.29, 0.717) is 39.9 Å². The van der Waals surface area contributed by atoms with Gasteiger partial charge in [-0.25, -0.2) is 22.3 Å². The number of fused-ring (bicyclic) bond motifs is 1. The van der Waals surface area contributed by atoms with E-state index in [-0.39, 0.29) is 28.5 Å². The number of anilines is 1. The minimum atomic E-state index is -4.97. The second kappa shape index (κ2) is 13.9. The number of carbonyl (C=O) groups is 2. The zero-order valence-electron chi connectivity index (χ0n) is 24.4. The van der Waals surface area contributed by atoms with E-state index in [1.807, 2.05) is 11.6 Å². The highest BCUT2D eigenvalue weighted by atomic mass is 35.5. The molecule has 14 heteroatoms. The molecule has 242 valence electrons. The molecule has 3 aromatic carbocycles. The lowest BCUT2D eigenvalue weighted by atomic mass is 9.93. The fourth-order valence-electron chi connectivity index (χ4n) is 4.62. The van der Waals surface area contributed by atoms with Crippen LogP contribution >= 0.6 is 11.6 Å². The lowest BCUT2D eigenvalue weighted by Gasteiger charge is -2.16. The predicted molar refractivity (Wildman–Crippen MR) is 167 cm³/mol. The highest BCUT2D eigenvalue weighted by Crippen LogP contribution is 2.37. The number of unbranched alkanes of at least 4 members (excludes halogenated alkanes) is 1. The maximum atomic E-state index is 13.6. The van der Waals surface area contributed by atoms with Gasteiger partial charge in [0.1, 0.15) is 11.4 Å². The Labute approximate surface area is 266 Å². The van der Waals surface area contributed by atoms with Gasteiger partial charge < -0.3 is 9.73 Å². The largest absolute Gasteiger partial charge is 0.422 e. The zero-order chi connectivity index (χ0) is 33.8. The zero-order valence-corrected chi connectivity index (χ0v) is 26.0. The third-order valence-corrected chi connectivity index (χ3v) is 8.55. The fourth-order valence-corrected chi connectivity index (χ4v) is 5.92. The Bertz CT molecular complexity index is 2020. The number of halogens is 5. The number of hydrogen-bond donors (Lipinski definition) is 2. The molecule has 4 aromatic rings. The molecule has 2 N–H and O–H groups in total. The lowest BCUT2D eigenvalue weighted by molar-refractivity contribution is -0.137. The van der Waals surface area contributed by atoms with E-state index in [9.17, 15) is 40.4 Å². The molecule has 0 aliphatic carbocycles. The summed E-state index contributed by atoms with van der Waals surface area (Å²) in [7, 11) is -3.81. The fraction of sp³-hybridized carbons (Fsp3) is 0.219. The van der Waals surface area contributed by atoms with Crippen molar-refractivity contribution in [3.63, 3.8) is 0 Å². The number of rotatable bonds is 10. The molecule has 2 amide bonds. The minimum absolute atomic E-state index is 0.0789. The van der Waals surface area contributed by atoms with Gasteiger partial charge >= 0.3 is 11.8 Å². The van der Waals surface area contributed by atoms with E-state index in [0.717, 1.165) is 18.2 Å². The molecule has 0 bridgehead atoms. The van der Waals surface area contributed by atoms with Crippen molar-refractivity contribution in [2.75, 3.05) is 11.1 Å². The van der Waals surface area contributed by atoms with Gasteiger partial charge in [0.15, 0.2) is 0 Å².